The van der Waals surface area contributed by atoms with Crippen molar-refractivity contribution in [2.24, 2.45) is 4.99 Å². The van der Waals surface area contributed by atoms with E-state index >= 15 is 0 Å². The zero-order chi connectivity index (χ0) is 18.4. The summed E-state index contributed by atoms with van der Waals surface area (Å²) < 4.78 is 5.39. The zero-order valence-electron chi connectivity index (χ0n) is 14.7. The molecule has 0 atom stereocenters. The molecule has 0 aliphatic carbocycles. The van der Waals surface area contributed by atoms with Crippen molar-refractivity contribution in [3.8, 4) is 11.5 Å². The number of nitrogens with zero attached hydrogens (tertiary/aromatic N) is 1. The summed E-state index contributed by atoms with van der Waals surface area (Å²) in [5.41, 5.74) is 10.4. The van der Waals surface area contributed by atoms with E-state index in [1.807, 2.05) is 49.4 Å². The molecule has 3 aromatic rings. The van der Waals surface area contributed by atoms with Crippen LogP contribution in [0.15, 0.2) is 71.7 Å². The molecule has 3 N–H and O–H groups in total. The number of phenolic OH excluding ortho intramolecular Hbond substituents is 1. The zero-order valence-corrected chi connectivity index (χ0v) is 14.7. The fourth-order valence-electron chi connectivity index (χ4n) is 2.63. The predicted molar refractivity (Wildman–Crippen MR) is 107 cm³/mol. The number of aromatic hydroxyl groups is 1. The van der Waals surface area contributed by atoms with Crippen molar-refractivity contribution in [1.29, 1.82) is 0 Å². The molecule has 0 aliphatic rings. The Balaban J connectivity index is 1.70. The molecule has 0 saturated heterocycles. The number of hydrogen-bond donors (Lipinski definition) is 2. The highest BCUT2D eigenvalue weighted by Crippen LogP contribution is 2.29. The minimum absolute atomic E-state index is 0.109. The molecular weight excluding hydrogens is 324 g/mol. The lowest BCUT2D eigenvalue weighted by molar-refractivity contribution is 0.318. The largest absolute Gasteiger partial charge is 0.504 e. The summed E-state index contributed by atoms with van der Waals surface area (Å²) in [5, 5.41) is 10.2. The highest BCUT2D eigenvalue weighted by Gasteiger charge is 2.05. The fourth-order valence-corrected chi connectivity index (χ4v) is 2.63. The minimum Gasteiger partial charge on any atom is -0.504 e. The number of nitrogens with two attached hydrogens (primary N) is 1. The first-order valence-corrected chi connectivity index (χ1v) is 8.58. The maximum absolute atomic E-state index is 10.2. The lowest BCUT2D eigenvalue weighted by atomic mass is 10.0. The van der Waals surface area contributed by atoms with E-state index in [4.69, 9.17) is 10.5 Å². The second-order valence-electron chi connectivity index (χ2n) is 5.97. The Morgan fingerprint density at radius 1 is 0.962 bits per heavy atom. The van der Waals surface area contributed by atoms with E-state index in [9.17, 15) is 5.11 Å². The van der Waals surface area contributed by atoms with Crippen molar-refractivity contribution in [2.45, 2.75) is 13.3 Å². The van der Waals surface area contributed by atoms with E-state index < -0.39 is 0 Å². The van der Waals surface area contributed by atoms with Gasteiger partial charge in [-0.05, 0) is 60.9 Å². The van der Waals surface area contributed by atoms with Crippen LogP contribution in [0.25, 0.3) is 0 Å². The summed E-state index contributed by atoms with van der Waals surface area (Å²) in [7, 11) is 0. The molecule has 0 heterocycles. The van der Waals surface area contributed by atoms with E-state index in [1.165, 1.54) is 11.1 Å². The fraction of sp³-hybridized carbons (Fsp3) is 0.136. The number of aliphatic imine (C=N–C) groups is 1. The minimum atomic E-state index is 0.109. The topological polar surface area (TPSA) is 67.8 Å². The van der Waals surface area contributed by atoms with E-state index in [0.717, 1.165) is 17.8 Å². The summed E-state index contributed by atoms with van der Waals surface area (Å²) in [6.45, 7) is 2.38. The summed E-state index contributed by atoms with van der Waals surface area (Å²) in [5.74, 6) is 0.577. The number of hydrogen-bond acceptors (Lipinski definition) is 4. The first-order chi connectivity index (χ1) is 12.7. The van der Waals surface area contributed by atoms with Gasteiger partial charge in [0.15, 0.2) is 11.5 Å². The Morgan fingerprint density at radius 2 is 1.62 bits per heavy atom. The number of benzene rings is 3. The molecule has 4 heteroatoms. The van der Waals surface area contributed by atoms with Gasteiger partial charge >= 0.3 is 0 Å². The molecule has 0 spiro atoms. The molecule has 0 unspecified atom stereocenters. The molecule has 0 aliphatic heterocycles. The average Bonchev–Trinajstić information content (AvgIpc) is 2.66. The smallest absolute Gasteiger partial charge is 0.166 e. The predicted octanol–water partition coefficient (Wildman–Crippen LogP) is 4.71. The summed E-state index contributed by atoms with van der Waals surface area (Å²) in [6, 6.07) is 21.3. The molecule has 26 heavy (non-hydrogen) atoms. The summed E-state index contributed by atoms with van der Waals surface area (Å²) >= 11 is 0. The lowest BCUT2D eigenvalue weighted by Crippen LogP contribution is -1.93. The van der Waals surface area contributed by atoms with Crippen LogP contribution in [0.5, 0.6) is 11.5 Å². The van der Waals surface area contributed by atoms with Crippen molar-refractivity contribution in [2.75, 3.05) is 12.3 Å². The van der Waals surface area contributed by atoms with E-state index in [-0.39, 0.29) is 5.75 Å². The van der Waals surface area contributed by atoms with E-state index in [2.05, 4.69) is 17.1 Å². The lowest BCUT2D eigenvalue weighted by Gasteiger charge is -2.07. The van der Waals surface area contributed by atoms with Gasteiger partial charge in [0.05, 0.1) is 12.3 Å². The number of rotatable bonds is 6. The Labute approximate surface area is 153 Å². The monoisotopic (exact) mass is 346 g/mol. The molecule has 4 nitrogen and oxygen atoms in total. The third-order valence-electron chi connectivity index (χ3n) is 4.01. The van der Waals surface area contributed by atoms with Gasteiger partial charge in [0, 0.05) is 17.5 Å². The van der Waals surface area contributed by atoms with Crippen molar-refractivity contribution in [3.05, 3.63) is 83.4 Å². The van der Waals surface area contributed by atoms with Gasteiger partial charge in [0.1, 0.15) is 0 Å². The Hall–Kier alpha value is -3.27. The SMILES string of the molecule is CCOc1cccc(C=Nc2ccc(Cc3ccc(N)cc3)cc2)c1O. The maximum atomic E-state index is 10.2. The highest BCUT2D eigenvalue weighted by atomic mass is 16.5. The van der Waals surface area contributed by atoms with Gasteiger partial charge in [-0.2, -0.15) is 0 Å². The Kier molecular flexibility index (Phi) is 5.54. The van der Waals surface area contributed by atoms with E-state index in [1.54, 1.807) is 18.3 Å². The van der Waals surface area contributed by atoms with Crippen molar-refractivity contribution in [3.63, 3.8) is 0 Å². The van der Waals surface area contributed by atoms with Gasteiger partial charge in [-0.3, -0.25) is 4.99 Å². The molecule has 3 rings (SSSR count). The van der Waals surface area contributed by atoms with Crippen molar-refractivity contribution in [1.82, 2.24) is 0 Å². The van der Waals surface area contributed by atoms with Crippen LogP contribution in [0.3, 0.4) is 0 Å². The molecule has 0 saturated carbocycles. The van der Waals surface area contributed by atoms with Crippen LogP contribution in [0.1, 0.15) is 23.6 Å². The van der Waals surface area contributed by atoms with Crippen molar-refractivity contribution >= 4 is 17.6 Å². The van der Waals surface area contributed by atoms with Crippen molar-refractivity contribution < 1.29 is 9.84 Å². The van der Waals surface area contributed by atoms with Crippen LogP contribution in [-0.2, 0) is 6.42 Å². The van der Waals surface area contributed by atoms with Crippen LogP contribution in [0.2, 0.25) is 0 Å². The second-order valence-corrected chi connectivity index (χ2v) is 5.97. The molecule has 0 bridgehead atoms. The molecule has 0 radical (unpaired) electrons. The van der Waals surface area contributed by atoms with Gasteiger partial charge < -0.3 is 15.6 Å². The van der Waals surface area contributed by atoms with Gasteiger partial charge in [0.25, 0.3) is 0 Å². The van der Waals surface area contributed by atoms with E-state index in [0.29, 0.717) is 17.9 Å². The standard InChI is InChI=1S/C22H22N2O2/c1-2-26-21-5-3-4-18(22(21)25)15-24-20-12-8-17(9-13-20)14-16-6-10-19(23)11-7-16/h3-13,15,25H,2,14,23H2,1H3. The van der Waals surface area contributed by atoms with Crippen LogP contribution in [0, 0.1) is 0 Å². The molecular formula is C22H22N2O2. The van der Waals surface area contributed by atoms with Gasteiger partial charge in [-0.25, -0.2) is 0 Å². The molecule has 0 amide bonds. The van der Waals surface area contributed by atoms with Crippen LogP contribution >= 0.6 is 0 Å². The quantitative estimate of drug-likeness (QED) is 0.501. The number of phenols is 1. The first-order valence-electron chi connectivity index (χ1n) is 8.58. The van der Waals surface area contributed by atoms with Crippen LogP contribution in [-0.4, -0.2) is 17.9 Å². The normalized spacial score (nSPS) is 11.0. The van der Waals surface area contributed by atoms with Crippen LogP contribution in [0.4, 0.5) is 11.4 Å². The number of ether oxygens (including phenoxy) is 1. The number of para-hydroxylation sites is 1. The second kappa shape index (κ2) is 8.21. The van der Waals surface area contributed by atoms with Gasteiger partial charge in [-0.1, -0.05) is 30.3 Å². The first kappa shape index (κ1) is 17.5. The van der Waals surface area contributed by atoms with Crippen LogP contribution < -0.4 is 10.5 Å². The van der Waals surface area contributed by atoms with Gasteiger partial charge in [-0.15, -0.1) is 0 Å². The summed E-state index contributed by atoms with van der Waals surface area (Å²) in [4.78, 5) is 4.44. The molecule has 0 aromatic heterocycles. The maximum Gasteiger partial charge on any atom is 0.166 e. The third kappa shape index (κ3) is 4.42. The summed E-state index contributed by atoms with van der Waals surface area (Å²) in [6.07, 6.45) is 2.49. The Morgan fingerprint density at radius 3 is 2.27 bits per heavy atom. The van der Waals surface area contributed by atoms with Gasteiger partial charge in [0.2, 0.25) is 0 Å². The molecule has 132 valence electrons. The molecule has 3 aromatic carbocycles. The number of nitrogen functional groups attached to an aromatic ring is 1. The third-order valence-corrected chi connectivity index (χ3v) is 4.01. The highest BCUT2D eigenvalue weighted by molar-refractivity contribution is 5.86. The average molecular weight is 346 g/mol. The number of anilines is 1. The Bertz CT molecular complexity index is 885. The molecule has 0 fully saturated rings.